The molecule has 0 aliphatic heterocycles. The zero-order valence-electron chi connectivity index (χ0n) is 11.6. The Morgan fingerprint density at radius 3 is 2.62 bits per heavy atom. The number of carboxylic acid groups (broad SMARTS) is 1. The van der Waals surface area contributed by atoms with Crippen LogP contribution in [0.25, 0.3) is 0 Å². The first-order valence-electron chi connectivity index (χ1n) is 5.99. The highest BCUT2D eigenvalue weighted by atomic mass is 32.2. The summed E-state index contributed by atoms with van der Waals surface area (Å²) in [6.07, 6.45) is 0. The van der Waals surface area contributed by atoms with Crippen LogP contribution in [-0.4, -0.2) is 24.5 Å². The molecule has 0 aliphatic carbocycles. The lowest BCUT2D eigenvalue weighted by molar-refractivity contribution is 0.0655. The maximum atomic E-state index is 12.2. The van der Waals surface area contributed by atoms with E-state index >= 15 is 0 Å². The molecule has 0 aromatic carbocycles. The average Bonchev–Trinajstić information content (AvgIpc) is 2.95. The van der Waals surface area contributed by atoms with Crippen LogP contribution in [-0.2, 0) is 10.0 Å². The third-order valence-corrected chi connectivity index (χ3v) is 5.23. The molecule has 0 saturated heterocycles. The third kappa shape index (κ3) is 3.31. The van der Waals surface area contributed by atoms with Gasteiger partial charge in [0.1, 0.15) is 5.01 Å². The molecule has 0 amide bonds. The molecule has 0 bridgehead atoms. The van der Waals surface area contributed by atoms with E-state index in [-0.39, 0.29) is 11.3 Å². The molecule has 2 aromatic rings. The summed E-state index contributed by atoms with van der Waals surface area (Å²) < 4.78 is 31.7. The van der Waals surface area contributed by atoms with E-state index in [1.807, 2.05) is 12.3 Å². The van der Waals surface area contributed by atoms with Crippen molar-refractivity contribution in [3.8, 4) is 0 Å². The van der Waals surface area contributed by atoms with E-state index in [9.17, 15) is 13.2 Å². The Morgan fingerprint density at radius 2 is 2.14 bits per heavy atom. The molecule has 0 saturated carbocycles. The number of thiazole rings is 1. The van der Waals surface area contributed by atoms with Crippen molar-refractivity contribution in [2.45, 2.75) is 31.9 Å². The number of aryl methyl sites for hydroxylation is 2. The Bertz CT molecular complexity index is 775. The largest absolute Gasteiger partial charge is 0.475 e. The van der Waals surface area contributed by atoms with Crippen LogP contribution in [0.5, 0.6) is 0 Å². The van der Waals surface area contributed by atoms with E-state index in [1.165, 1.54) is 24.3 Å². The van der Waals surface area contributed by atoms with Gasteiger partial charge in [-0.05, 0) is 20.8 Å². The lowest BCUT2D eigenvalue weighted by atomic mass is 10.3. The Kier molecular flexibility index (Phi) is 4.17. The van der Waals surface area contributed by atoms with E-state index in [2.05, 4.69) is 9.71 Å². The fourth-order valence-corrected chi connectivity index (χ4v) is 3.81. The average molecular weight is 330 g/mol. The summed E-state index contributed by atoms with van der Waals surface area (Å²) in [5.74, 6) is -1.69. The molecule has 114 valence electrons. The minimum absolute atomic E-state index is 0.251. The molecule has 2 N–H and O–H groups in total. The molecule has 2 heterocycles. The topological polar surface area (TPSA) is 110 Å². The molecule has 0 spiro atoms. The van der Waals surface area contributed by atoms with Crippen LogP contribution in [0, 0.1) is 13.8 Å². The van der Waals surface area contributed by atoms with E-state index in [1.54, 1.807) is 6.92 Å². The molecule has 1 atom stereocenters. The molecule has 1 unspecified atom stereocenters. The van der Waals surface area contributed by atoms with Crippen molar-refractivity contribution >= 4 is 27.3 Å². The van der Waals surface area contributed by atoms with Gasteiger partial charge in [0.2, 0.25) is 10.9 Å². The van der Waals surface area contributed by atoms with Crippen molar-refractivity contribution < 1.29 is 22.7 Å². The first-order valence-corrected chi connectivity index (χ1v) is 8.35. The minimum Gasteiger partial charge on any atom is -0.475 e. The summed E-state index contributed by atoms with van der Waals surface area (Å²) >= 11 is 1.34. The number of furan rings is 1. The number of nitrogens with one attached hydrogen (secondary N) is 1. The molecular weight excluding hydrogens is 316 g/mol. The summed E-state index contributed by atoms with van der Waals surface area (Å²) in [4.78, 5) is 15.1. The van der Waals surface area contributed by atoms with E-state index in [0.29, 0.717) is 5.01 Å². The second-order valence-corrected chi connectivity index (χ2v) is 7.09. The fraction of sp³-hybridized carbons (Fsp3) is 0.333. The van der Waals surface area contributed by atoms with Gasteiger partial charge in [-0.3, -0.25) is 0 Å². The van der Waals surface area contributed by atoms with Gasteiger partial charge in [-0.15, -0.1) is 11.3 Å². The molecule has 21 heavy (non-hydrogen) atoms. The maximum absolute atomic E-state index is 12.2. The number of carbonyl (C=O) groups is 1. The summed E-state index contributed by atoms with van der Waals surface area (Å²) in [5, 5.41) is 10.9. The predicted octanol–water partition coefficient (Wildman–Crippen LogP) is 2.09. The second kappa shape index (κ2) is 5.58. The highest BCUT2D eigenvalue weighted by molar-refractivity contribution is 7.89. The van der Waals surface area contributed by atoms with Gasteiger partial charge in [0.25, 0.3) is 10.0 Å². The Balaban J connectivity index is 2.26. The normalized spacial score (nSPS) is 13.3. The number of aromatic carboxylic acids is 1. The Hall–Kier alpha value is -1.71. The van der Waals surface area contributed by atoms with Gasteiger partial charge in [0.05, 0.1) is 6.04 Å². The molecule has 0 radical (unpaired) electrons. The van der Waals surface area contributed by atoms with Crippen LogP contribution >= 0.6 is 11.3 Å². The SMILES string of the molecule is Cc1csc(C(C)NS(=O)(=O)c2cc(C)c(C(=O)O)o2)n1. The summed E-state index contributed by atoms with van der Waals surface area (Å²) in [6, 6.07) is 0.651. The first kappa shape index (κ1) is 15.7. The zero-order chi connectivity index (χ0) is 15.8. The Morgan fingerprint density at radius 1 is 1.48 bits per heavy atom. The maximum Gasteiger partial charge on any atom is 0.372 e. The van der Waals surface area contributed by atoms with Gasteiger partial charge in [-0.1, -0.05) is 0 Å². The number of rotatable bonds is 5. The standard InChI is InChI=1S/C12H14N2O5S2/c1-6-4-9(19-10(6)12(15)16)21(17,18)14-8(3)11-13-7(2)5-20-11/h4-5,8,14H,1-3H3,(H,15,16). The minimum atomic E-state index is -3.95. The molecule has 0 fully saturated rings. The lowest BCUT2D eigenvalue weighted by Crippen LogP contribution is -2.26. The van der Waals surface area contributed by atoms with Crippen LogP contribution in [0.15, 0.2) is 21.0 Å². The first-order chi connectivity index (χ1) is 9.70. The predicted molar refractivity (Wildman–Crippen MR) is 76.0 cm³/mol. The van der Waals surface area contributed by atoms with E-state index < -0.39 is 27.1 Å². The highest BCUT2D eigenvalue weighted by Crippen LogP contribution is 2.23. The van der Waals surface area contributed by atoms with Crippen LogP contribution in [0.4, 0.5) is 0 Å². The number of carboxylic acids is 1. The number of aromatic nitrogens is 1. The second-order valence-electron chi connectivity index (χ2n) is 4.55. The van der Waals surface area contributed by atoms with Crippen molar-refractivity contribution in [1.29, 1.82) is 0 Å². The number of hydrogen-bond acceptors (Lipinski definition) is 6. The van der Waals surface area contributed by atoms with E-state index in [0.717, 1.165) is 5.69 Å². The molecular formula is C12H14N2O5S2. The van der Waals surface area contributed by atoms with Gasteiger partial charge in [-0.25, -0.2) is 18.2 Å². The van der Waals surface area contributed by atoms with Crippen molar-refractivity contribution in [2.75, 3.05) is 0 Å². The smallest absolute Gasteiger partial charge is 0.372 e. The van der Waals surface area contributed by atoms with Crippen LogP contribution in [0.1, 0.15) is 39.8 Å². The van der Waals surface area contributed by atoms with E-state index in [4.69, 9.17) is 9.52 Å². The number of sulfonamides is 1. The van der Waals surface area contributed by atoms with Crippen molar-refractivity contribution in [1.82, 2.24) is 9.71 Å². The van der Waals surface area contributed by atoms with Gasteiger partial charge in [0, 0.05) is 22.7 Å². The summed E-state index contributed by atoms with van der Waals surface area (Å²) in [7, 11) is -3.95. The number of nitrogens with zero attached hydrogens (tertiary/aromatic N) is 1. The molecule has 2 rings (SSSR count). The number of hydrogen-bond donors (Lipinski definition) is 2. The Labute approximate surface area is 125 Å². The van der Waals surface area contributed by atoms with Gasteiger partial charge in [0.15, 0.2) is 0 Å². The van der Waals surface area contributed by atoms with Crippen molar-refractivity contribution in [3.63, 3.8) is 0 Å². The van der Waals surface area contributed by atoms with Gasteiger partial charge < -0.3 is 9.52 Å². The highest BCUT2D eigenvalue weighted by Gasteiger charge is 2.26. The molecule has 0 aliphatic rings. The quantitative estimate of drug-likeness (QED) is 0.868. The van der Waals surface area contributed by atoms with Crippen LogP contribution < -0.4 is 4.72 Å². The lowest BCUT2D eigenvalue weighted by Gasteiger charge is -2.09. The fourth-order valence-electron chi connectivity index (χ4n) is 1.71. The zero-order valence-corrected chi connectivity index (χ0v) is 13.2. The summed E-state index contributed by atoms with van der Waals surface area (Å²) in [6.45, 7) is 4.94. The van der Waals surface area contributed by atoms with Crippen LogP contribution in [0.3, 0.4) is 0 Å². The summed E-state index contributed by atoms with van der Waals surface area (Å²) in [5.41, 5.74) is 1.06. The monoisotopic (exact) mass is 330 g/mol. The van der Waals surface area contributed by atoms with Crippen molar-refractivity contribution in [2.24, 2.45) is 0 Å². The van der Waals surface area contributed by atoms with Gasteiger partial charge >= 0.3 is 5.97 Å². The van der Waals surface area contributed by atoms with Crippen LogP contribution in [0.2, 0.25) is 0 Å². The molecule has 2 aromatic heterocycles. The van der Waals surface area contributed by atoms with Gasteiger partial charge in [-0.2, -0.15) is 4.72 Å². The molecule has 7 nitrogen and oxygen atoms in total. The van der Waals surface area contributed by atoms with Crippen molar-refractivity contribution in [3.05, 3.63) is 33.5 Å². The molecule has 9 heteroatoms. The third-order valence-electron chi connectivity index (χ3n) is 2.69.